The molecule has 0 aliphatic carbocycles. The summed E-state index contributed by atoms with van der Waals surface area (Å²) < 4.78 is 0. The molecule has 0 aromatic carbocycles. The highest BCUT2D eigenvalue weighted by molar-refractivity contribution is 7.10. The van der Waals surface area contributed by atoms with E-state index in [1.807, 2.05) is 11.3 Å². The van der Waals surface area contributed by atoms with Crippen LogP contribution < -0.4 is 4.90 Å². The van der Waals surface area contributed by atoms with Crippen LogP contribution in [0.3, 0.4) is 0 Å². The minimum absolute atomic E-state index is 0.373. The molecule has 0 radical (unpaired) electrons. The first-order chi connectivity index (χ1) is 5.11. The summed E-state index contributed by atoms with van der Waals surface area (Å²) in [5, 5.41) is 2.18. The standard InChI is InChI=1S/C9H13NS/c1-9(2)6-10(3)7-4-5-11-8(7)9/h4-5H,6H2,1-3H3. The Morgan fingerprint density at radius 3 is 2.91 bits per heavy atom. The van der Waals surface area contributed by atoms with Crippen LogP contribution >= 0.6 is 11.3 Å². The number of thiophene rings is 1. The summed E-state index contributed by atoms with van der Waals surface area (Å²) in [6.07, 6.45) is 0. The first-order valence-corrected chi connectivity index (χ1v) is 4.78. The first kappa shape index (κ1) is 7.17. The Labute approximate surface area is 71.7 Å². The third-order valence-corrected chi connectivity index (χ3v) is 3.57. The van der Waals surface area contributed by atoms with E-state index in [9.17, 15) is 0 Å². The fraction of sp³-hybridized carbons (Fsp3) is 0.556. The second-order valence-corrected chi connectivity index (χ2v) is 4.79. The van der Waals surface area contributed by atoms with Crippen molar-refractivity contribution in [2.45, 2.75) is 19.3 Å². The highest BCUT2D eigenvalue weighted by Gasteiger charge is 2.34. The number of rotatable bonds is 0. The lowest BCUT2D eigenvalue weighted by Gasteiger charge is -2.18. The van der Waals surface area contributed by atoms with E-state index < -0.39 is 0 Å². The second-order valence-electron chi connectivity index (χ2n) is 3.87. The molecule has 0 N–H and O–H groups in total. The zero-order valence-corrected chi connectivity index (χ0v) is 8.03. The fourth-order valence-corrected chi connectivity index (χ4v) is 2.92. The van der Waals surface area contributed by atoms with Crippen LogP contribution in [0.15, 0.2) is 11.4 Å². The maximum atomic E-state index is 2.34. The SMILES string of the molecule is CN1CC(C)(C)c2sccc21. The predicted octanol–water partition coefficient (Wildman–Crippen LogP) is 2.48. The maximum Gasteiger partial charge on any atom is 0.0511 e. The molecule has 0 saturated heterocycles. The van der Waals surface area contributed by atoms with E-state index in [-0.39, 0.29) is 0 Å². The van der Waals surface area contributed by atoms with Crippen molar-refractivity contribution in [1.82, 2.24) is 0 Å². The average molecular weight is 167 g/mol. The van der Waals surface area contributed by atoms with Crippen molar-refractivity contribution in [2.24, 2.45) is 0 Å². The lowest BCUT2D eigenvalue weighted by atomic mass is 9.94. The summed E-state index contributed by atoms with van der Waals surface area (Å²) in [4.78, 5) is 3.88. The molecule has 1 nitrogen and oxygen atoms in total. The largest absolute Gasteiger partial charge is 0.373 e. The smallest absolute Gasteiger partial charge is 0.0511 e. The Bertz CT molecular complexity index is 275. The van der Waals surface area contributed by atoms with Gasteiger partial charge in [0, 0.05) is 23.9 Å². The molecule has 0 amide bonds. The third-order valence-electron chi connectivity index (χ3n) is 2.30. The van der Waals surface area contributed by atoms with Gasteiger partial charge in [-0.05, 0) is 11.4 Å². The van der Waals surface area contributed by atoms with Gasteiger partial charge in [0.1, 0.15) is 0 Å². The van der Waals surface area contributed by atoms with E-state index in [4.69, 9.17) is 0 Å². The quantitative estimate of drug-likeness (QED) is 0.574. The molecule has 0 unspecified atom stereocenters. The lowest BCUT2D eigenvalue weighted by Crippen LogP contribution is -2.24. The highest BCUT2D eigenvalue weighted by atomic mass is 32.1. The Hall–Kier alpha value is -0.500. The monoisotopic (exact) mass is 167 g/mol. The molecular formula is C9H13NS. The Kier molecular flexibility index (Phi) is 1.31. The number of likely N-dealkylation sites (N-methyl/N-ethyl adjacent to an activating group) is 1. The Morgan fingerprint density at radius 1 is 1.55 bits per heavy atom. The van der Waals surface area contributed by atoms with Crippen molar-refractivity contribution in [2.75, 3.05) is 18.5 Å². The molecule has 0 spiro atoms. The van der Waals surface area contributed by atoms with Gasteiger partial charge in [0.05, 0.1) is 5.69 Å². The summed E-state index contributed by atoms with van der Waals surface area (Å²) in [6.45, 7) is 5.78. The fourth-order valence-electron chi connectivity index (χ4n) is 1.86. The molecule has 11 heavy (non-hydrogen) atoms. The van der Waals surface area contributed by atoms with Crippen molar-refractivity contribution in [3.63, 3.8) is 0 Å². The molecule has 2 heteroatoms. The van der Waals surface area contributed by atoms with E-state index in [0.29, 0.717) is 5.41 Å². The summed E-state index contributed by atoms with van der Waals surface area (Å²) >= 11 is 1.88. The number of anilines is 1. The van der Waals surface area contributed by atoms with E-state index in [2.05, 4.69) is 37.2 Å². The van der Waals surface area contributed by atoms with Crippen LogP contribution in [0.25, 0.3) is 0 Å². The molecule has 1 aromatic rings. The van der Waals surface area contributed by atoms with Gasteiger partial charge in [-0.1, -0.05) is 13.8 Å². The lowest BCUT2D eigenvalue weighted by molar-refractivity contribution is 0.572. The normalized spacial score (nSPS) is 20.5. The van der Waals surface area contributed by atoms with Crippen molar-refractivity contribution in [1.29, 1.82) is 0 Å². The predicted molar refractivity (Wildman–Crippen MR) is 50.6 cm³/mol. The van der Waals surface area contributed by atoms with E-state index >= 15 is 0 Å². The summed E-state index contributed by atoms with van der Waals surface area (Å²) in [6, 6.07) is 2.22. The van der Waals surface area contributed by atoms with Gasteiger partial charge < -0.3 is 4.90 Å². The second kappa shape index (κ2) is 2.01. The number of fused-ring (bicyclic) bond motifs is 1. The van der Waals surface area contributed by atoms with Gasteiger partial charge in [0.15, 0.2) is 0 Å². The minimum atomic E-state index is 0.373. The molecular weight excluding hydrogens is 154 g/mol. The molecule has 2 rings (SSSR count). The minimum Gasteiger partial charge on any atom is -0.373 e. The maximum absolute atomic E-state index is 2.34. The van der Waals surface area contributed by atoms with Gasteiger partial charge in [-0.2, -0.15) is 0 Å². The Balaban J connectivity index is 2.54. The average Bonchev–Trinajstić information content (AvgIpc) is 2.37. The molecule has 0 bridgehead atoms. The van der Waals surface area contributed by atoms with E-state index in [1.54, 1.807) is 4.88 Å². The van der Waals surface area contributed by atoms with Crippen LogP contribution in [0.4, 0.5) is 5.69 Å². The molecule has 1 aliphatic heterocycles. The molecule has 2 heterocycles. The third kappa shape index (κ3) is 0.890. The van der Waals surface area contributed by atoms with Gasteiger partial charge in [-0.3, -0.25) is 0 Å². The van der Waals surface area contributed by atoms with Crippen LogP contribution in [0, 0.1) is 0 Å². The van der Waals surface area contributed by atoms with Gasteiger partial charge in [-0.15, -0.1) is 11.3 Å². The molecule has 0 fully saturated rings. The number of hydrogen-bond donors (Lipinski definition) is 0. The van der Waals surface area contributed by atoms with Crippen LogP contribution in [-0.4, -0.2) is 13.6 Å². The Morgan fingerprint density at radius 2 is 2.27 bits per heavy atom. The van der Waals surface area contributed by atoms with E-state index in [1.165, 1.54) is 5.69 Å². The molecule has 0 atom stereocenters. The van der Waals surface area contributed by atoms with Crippen LogP contribution in [0.2, 0.25) is 0 Å². The molecule has 1 aromatic heterocycles. The summed E-state index contributed by atoms with van der Waals surface area (Å²) in [5.74, 6) is 0. The highest BCUT2D eigenvalue weighted by Crippen LogP contribution is 2.42. The van der Waals surface area contributed by atoms with Gasteiger partial charge in [0.2, 0.25) is 0 Å². The zero-order chi connectivity index (χ0) is 8.06. The number of hydrogen-bond acceptors (Lipinski definition) is 2. The van der Waals surface area contributed by atoms with Crippen molar-refractivity contribution in [3.05, 3.63) is 16.3 Å². The van der Waals surface area contributed by atoms with Gasteiger partial charge >= 0.3 is 0 Å². The van der Waals surface area contributed by atoms with E-state index in [0.717, 1.165) is 6.54 Å². The van der Waals surface area contributed by atoms with Crippen LogP contribution in [0.5, 0.6) is 0 Å². The van der Waals surface area contributed by atoms with Crippen molar-refractivity contribution < 1.29 is 0 Å². The van der Waals surface area contributed by atoms with Crippen LogP contribution in [-0.2, 0) is 5.41 Å². The van der Waals surface area contributed by atoms with Crippen molar-refractivity contribution >= 4 is 17.0 Å². The molecule has 0 saturated carbocycles. The molecule has 1 aliphatic rings. The zero-order valence-electron chi connectivity index (χ0n) is 7.22. The van der Waals surface area contributed by atoms with Gasteiger partial charge in [0.25, 0.3) is 0 Å². The van der Waals surface area contributed by atoms with Gasteiger partial charge in [-0.25, -0.2) is 0 Å². The topological polar surface area (TPSA) is 3.24 Å². The number of nitrogens with zero attached hydrogens (tertiary/aromatic N) is 1. The summed E-state index contributed by atoms with van der Waals surface area (Å²) in [7, 11) is 2.17. The molecule has 60 valence electrons. The summed E-state index contributed by atoms with van der Waals surface area (Å²) in [5.41, 5.74) is 1.80. The van der Waals surface area contributed by atoms with Crippen molar-refractivity contribution in [3.8, 4) is 0 Å². The van der Waals surface area contributed by atoms with Crippen LogP contribution in [0.1, 0.15) is 18.7 Å². The first-order valence-electron chi connectivity index (χ1n) is 3.90.